The molecule has 1 saturated heterocycles. The lowest BCUT2D eigenvalue weighted by atomic mass is 9.83. The van der Waals surface area contributed by atoms with Crippen LogP contribution < -0.4 is 5.73 Å². The fraction of sp³-hybridized carbons (Fsp3) is 0.647. The minimum Gasteiger partial charge on any atom is -0.378 e. The zero-order valence-corrected chi connectivity index (χ0v) is 13.9. The second-order valence-corrected chi connectivity index (χ2v) is 6.52. The number of nitrogens with two attached hydrogens (primary N) is 1. The van der Waals surface area contributed by atoms with E-state index < -0.39 is 0 Å². The monoisotopic (exact) mass is 310 g/mol. The summed E-state index contributed by atoms with van der Waals surface area (Å²) in [5.74, 6) is 0. The molecule has 2 rings (SSSR count). The number of hydrogen-bond donors (Lipinski definition) is 1. The van der Waals surface area contributed by atoms with Crippen molar-refractivity contribution in [2.75, 3.05) is 20.2 Å². The highest BCUT2D eigenvalue weighted by Gasteiger charge is 2.39. The highest BCUT2D eigenvalue weighted by atomic mass is 35.5. The van der Waals surface area contributed by atoms with Gasteiger partial charge in [0.1, 0.15) is 0 Å². The van der Waals surface area contributed by atoms with Crippen molar-refractivity contribution in [3.63, 3.8) is 0 Å². The SMILES string of the molecule is CCCC1CC(CN)(N(C)Cc2ccccc2Cl)CCO1. The second kappa shape index (κ2) is 7.59. The van der Waals surface area contributed by atoms with Crippen LogP contribution in [0.2, 0.25) is 5.02 Å². The average molecular weight is 311 g/mol. The van der Waals surface area contributed by atoms with Gasteiger partial charge >= 0.3 is 0 Å². The van der Waals surface area contributed by atoms with Crippen LogP contribution in [0.1, 0.15) is 38.2 Å². The minimum absolute atomic E-state index is 0.0251. The van der Waals surface area contributed by atoms with Crippen LogP contribution in [-0.4, -0.2) is 36.7 Å². The van der Waals surface area contributed by atoms with Gasteiger partial charge in [0, 0.05) is 30.3 Å². The smallest absolute Gasteiger partial charge is 0.0593 e. The highest BCUT2D eigenvalue weighted by Crippen LogP contribution is 2.32. The number of benzene rings is 1. The molecule has 2 atom stereocenters. The summed E-state index contributed by atoms with van der Waals surface area (Å²) in [6.45, 7) is 4.50. The Labute approximate surface area is 133 Å². The first kappa shape index (κ1) is 16.8. The van der Waals surface area contributed by atoms with Crippen LogP contribution in [0.5, 0.6) is 0 Å². The van der Waals surface area contributed by atoms with Crippen LogP contribution in [-0.2, 0) is 11.3 Å². The molecule has 0 aliphatic carbocycles. The van der Waals surface area contributed by atoms with Crippen molar-refractivity contribution in [1.29, 1.82) is 0 Å². The van der Waals surface area contributed by atoms with Crippen molar-refractivity contribution >= 4 is 11.6 Å². The molecular weight excluding hydrogens is 284 g/mol. The normalized spacial score (nSPS) is 26.2. The van der Waals surface area contributed by atoms with Crippen LogP contribution in [0.4, 0.5) is 0 Å². The van der Waals surface area contributed by atoms with Crippen molar-refractivity contribution in [2.45, 2.75) is 50.8 Å². The lowest BCUT2D eigenvalue weighted by Gasteiger charge is -2.46. The molecule has 0 saturated carbocycles. The zero-order valence-electron chi connectivity index (χ0n) is 13.1. The Morgan fingerprint density at radius 3 is 2.86 bits per heavy atom. The molecule has 0 aromatic heterocycles. The molecule has 3 nitrogen and oxygen atoms in total. The van der Waals surface area contributed by atoms with Gasteiger partial charge in [-0.3, -0.25) is 4.90 Å². The first-order valence-electron chi connectivity index (χ1n) is 7.87. The Kier molecular flexibility index (Phi) is 6.06. The molecule has 0 spiro atoms. The summed E-state index contributed by atoms with van der Waals surface area (Å²) in [6.07, 6.45) is 4.60. The molecular formula is C17H27ClN2O. The van der Waals surface area contributed by atoms with Crippen LogP contribution in [0.15, 0.2) is 24.3 Å². The van der Waals surface area contributed by atoms with Crippen molar-refractivity contribution in [1.82, 2.24) is 4.90 Å². The van der Waals surface area contributed by atoms with Crippen LogP contribution in [0, 0.1) is 0 Å². The standard InChI is InChI=1S/C17H27ClN2O/c1-3-6-15-11-17(13-19,9-10-21-15)20(2)12-14-7-4-5-8-16(14)18/h4-5,7-8,15H,3,6,9-13,19H2,1-2H3. The van der Waals surface area contributed by atoms with Crippen LogP contribution >= 0.6 is 11.6 Å². The highest BCUT2D eigenvalue weighted by molar-refractivity contribution is 6.31. The molecule has 0 radical (unpaired) electrons. The van der Waals surface area contributed by atoms with E-state index in [0.717, 1.165) is 49.4 Å². The number of rotatable bonds is 6. The Bertz CT molecular complexity index is 452. The van der Waals surface area contributed by atoms with E-state index in [1.165, 1.54) is 0 Å². The van der Waals surface area contributed by atoms with E-state index in [9.17, 15) is 0 Å². The Hall–Kier alpha value is -0.610. The molecule has 1 heterocycles. The first-order valence-corrected chi connectivity index (χ1v) is 8.25. The molecule has 0 bridgehead atoms. The molecule has 1 aliphatic rings. The summed E-state index contributed by atoms with van der Waals surface area (Å²) in [7, 11) is 2.16. The van der Waals surface area contributed by atoms with Crippen LogP contribution in [0.25, 0.3) is 0 Å². The van der Waals surface area contributed by atoms with Crippen molar-refractivity contribution in [3.05, 3.63) is 34.9 Å². The number of ether oxygens (including phenoxy) is 1. The molecule has 118 valence electrons. The Morgan fingerprint density at radius 2 is 2.19 bits per heavy atom. The predicted octanol–water partition coefficient (Wildman–Crippen LogP) is 3.45. The fourth-order valence-electron chi connectivity index (χ4n) is 3.25. The maximum Gasteiger partial charge on any atom is 0.0593 e. The molecule has 21 heavy (non-hydrogen) atoms. The van der Waals surface area contributed by atoms with E-state index in [2.05, 4.69) is 24.9 Å². The predicted molar refractivity (Wildman–Crippen MR) is 88.6 cm³/mol. The fourth-order valence-corrected chi connectivity index (χ4v) is 3.44. The molecule has 0 amide bonds. The van der Waals surface area contributed by atoms with E-state index in [1.54, 1.807) is 0 Å². The van der Waals surface area contributed by atoms with E-state index in [-0.39, 0.29) is 5.54 Å². The second-order valence-electron chi connectivity index (χ2n) is 6.11. The molecule has 1 aliphatic heterocycles. The molecule has 2 unspecified atom stereocenters. The summed E-state index contributed by atoms with van der Waals surface area (Å²) >= 11 is 6.29. The van der Waals surface area contributed by atoms with E-state index in [1.807, 2.05) is 18.2 Å². The largest absolute Gasteiger partial charge is 0.378 e. The van der Waals surface area contributed by atoms with Gasteiger partial charge in [-0.2, -0.15) is 0 Å². The van der Waals surface area contributed by atoms with Gasteiger partial charge < -0.3 is 10.5 Å². The van der Waals surface area contributed by atoms with Gasteiger partial charge in [0.2, 0.25) is 0 Å². The van der Waals surface area contributed by atoms with Crippen molar-refractivity contribution in [2.24, 2.45) is 5.73 Å². The zero-order chi connectivity index (χ0) is 15.3. The van der Waals surface area contributed by atoms with Gasteiger partial charge in [-0.25, -0.2) is 0 Å². The third-order valence-corrected chi connectivity index (χ3v) is 5.06. The third kappa shape index (κ3) is 3.98. The maximum absolute atomic E-state index is 6.29. The minimum atomic E-state index is 0.0251. The average Bonchev–Trinajstić information content (AvgIpc) is 2.50. The van der Waals surface area contributed by atoms with Crippen molar-refractivity contribution in [3.8, 4) is 0 Å². The Balaban J connectivity index is 2.10. The summed E-state index contributed by atoms with van der Waals surface area (Å²) < 4.78 is 5.89. The number of hydrogen-bond acceptors (Lipinski definition) is 3. The van der Waals surface area contributed by atoms with Gasteiger partial charge in [0.05, 0.1) is 6.10 Å². The number of likely N-dealkylation sites (N-methyl/N-ethyl adjacent to an activating group) is 1. The van der Waals surface area contributed by atoms with E-state index in [0.29, 0.717) is 12.6 Å². The number of nitrogens with zero attached hydrogens (tertiary/aromatic N) is 1. The molecule has 1 aromatic carbocycles. The van der Waals surface area contributed by atoms with Gasteiger partial charge in [0.25, 0.3) is 0 Å². The summed E-state index contributed by atoms with van der Waals surface area (Å²) in [6, 6.07) is 8.04. The van der Waals surface area contributed by atoms with Gasteiger partial charge in [-0.1, -0.05) is 43.1 Å². The summed E-state index contributed by atoms with van der Waals surface area (Å²) in [4.78, 5) is 2.37. The lowest BCUT2D eigenvalue weighted by Crippen LogP contribution is -2.56. The van der Waals surface area contributed by atoms with Crippen LogP contribution in [0.3, 0.4) is 0 Å². The first-order chi connectivity index (χ1) is 10.1. The summed E-state index contributed by atoms with van der Waals surface area (Å²) in [5.41, 5.74) is 7.34. The van der Waals surface area contributed by atoms with Gasteiger partial charge in [0.15, 0.2) is 0 Å². The van der Waals surface area contributed by atoms with E-state index >= 15 is 0 Å². The molecule has 1 aromatic rings. The quantitative estimate of drug-likeness (QED) is 0.874. The third-order valence-electron chi connectivity index (χ3n) is 4.69. The molecule has 4 heteroatoms. The molecule has 2 N–H and O–H groups in total. The van der Waals surface area contributed by atoms with E-state index in [4.69, 9.17) is 22.1 Å². The van der Waals surface area contributed by atoms with Gasteiger partial charge in [-0.05, 0) is 37.9 Å². The summed E-state index contributed by atoms with van der Waals surface area (Å²) in [5, 5.41) is 0.827. The topological polar surface area (TPSA) is 38.5 Å². The number of halogens is 1. The molecule has 1 fully saturated rings. The Morgan fingerprint density at radius 1 is 1.43 bits per heavy atom. The lowest BCUT2D eigenvalue weighted by molar-refractivity contribution is -0.0691. The van der Waals surface area contributed by atoms with Gasteiger partial charge in [-0.15, -0.1) is 0 Å². The maximum atomic E-state index is 6.29. The van der Waals surface area contributed by atoms with Crippen molar-refractivity contribution < 1.29 is 4.74 Å².